The minimum absolute atomic E-state index is 0.0136. The third-order valence-corrected chi connectivity index (χ3v) is 6.03. The van der Waals surface area contributed by atoms with Crippen molar-refractivity contribution in [3.05, 3.63) is 102 Å². The number of nitrogens with zero attached hydrogens (tertiary/aromatic N) is 2. The number of aromatic nitrogens is 2. The molecular formula is C26H22FN3O. The molecule has 5 rings (SSSR count). The summed E-state index contributed by atoms with van der Waals surface area (Å²) in [5.74, 6) is -0.306. The van der Waals surface area contributed by atoms with Gasteiger partial charge in [-0.2, -0.15) is 0 Å². The lowest BCUT2D eigenvalue weighted by Crippen LogP contribution is -2.39. The average Bonchev–Trinajstić information content (AvgIpc) is 3.27. The average molecular weight is 411 g/mol. The molecule has 1 amide bonds. The standard InChI is InChI=1S/C26H22FN3O/c1-26(2)24-22(25(31)30(26)16-17-6-4-3-5-7-17)21(18-12-14-28-15-13-18)23(29-24)19-8-10-20(27)11-9-19/h3-15,29H,16H2,1-2H3. The number of carbonyl (C=O) groups excluding carboxylic acids is 1. The Bertz CT molecular complexity index is 1250. The second-order valence-electron chi connectivity index (χ2n) is 8.30. The largest absolute Gasteiger partial charge is 0.355 e. The number of rotatable bonds is 4. The van der Waals surface area contributed by atoms with Gasteiger partial charge in [0, 0.05) is 24.5 Å². The van der Waals surface area contributed by atoms with Crippen LogP contribution < -0.4 is 0 Å². The molecule has 2 aromatic heterocycles. The van der Waals surface area contributed by atoms with E-state index in [9.17, 15) is 9.18 Å². The zero-order chi connectivity index (χ0) is 21.6. The maximum atomic E-state index is 13.7. The summed E-state index contributed by atoms with van der Waals surface area (Å²) >= 11 is 0. The van der Waals surface area contributed by atoms with Gasteiger partial charge in [0.2, 0.25) is 0 Å². The summed E-state index contributed by atoms with van der Waals surface area (Å²) < 4.78 is 13.6. The van der Waals surface area contributed by atoms with Gasteiger partial charge in [0.1, 0.15) is 5.82 Å². The lowest BCUT2D eigenvalue weighted by molar-refractivity contribution is 0.0590. The van der Waals surface area contributed by atoms with E-state index >= 15 is 0 Å². The van der Waals surface area contributed by atoms with Gasteiger partial charge < -0.3 is 9.88 Å². The predicted octanol–water partition coefficient (Wildman–Crippen LogP) is 5.77. The van der Waals surface area contributed by atoms with Crippen molar-refractivity contribution in [3.8, 4) is 22.4 Å². The van der Waals surface area contributed by atoms with Crippen LogP contribution in [0.15, 0.2) is 79.1 Å². The Morgan fingerprint density at radius 2 is 1.58 bits per heavy atom. The van der Waals surface area contributed by atoms with Crippen LogP contribution >= 0.6 is 0 Å². The minimum Gasteiger partial charge on any atom is -0.355 e. The molecule has 0 aliphatic carbocycles. The first-order chi connectivity index (χ1) is 15.0. The first kappa shape index (κ1) is 19.2. The lowest BCUT2D eigenvalue weighted by atomic mass is 9.96. The normalized spacial score (nSPS) is 14.7. The number of aromatic amines is 1. The minimum atomic E-state index is -0.525. The van der Waals surface area contributed by atoms with Gasteiger partial charge in [0.05, 0.1) is 22.5 Å². The van der Waals surface area contributed by atoms with E-state index in [0.29, 0.717) is 12.1 Å². The zero-order valence-corrected chi connectivity index (χ0v) is 17.4. The molecule has 4 aromatic rings. The van der Waals surface area contributed by atoms with E-state index in [1.165, 1.54) is 12.1 Å². The summed E-state index contributed by atoms with van der Waals surface area (Å²) in [6, 6.07) is 20.1. The van der Waals surface area contributed by atoms with Crippen molar-refractivity contribution >= 4 is 5.91 Å². The number of halogens is 1. The van der Waals surface area contributed by atoms with Gasteiger partial charge in [-0.05, 0) is 66.9 Å². The van der Waals surface area contributed by atoms with Crippen molar-refractivity contribution in [2.24, 2.45) is 0 Å². The van der Waals surface area contributed by atoms with E-state index in [4.69, 9.17) is 0 Å². The second-order valence-corrected chi connectivity index (χ2v) is 8.30. The van der Waals surface area contributed by atoms with Crippen molar-refractivity contribution in [1.82, 2.24) is 14.9 Å². The summed E-state index contributed by atoms with van der Waals surface area (Å²) in [4.78, 5) is 23.3. The van der Waals surface area contributed by atoms with Gasteiger partial charge in [0.25, 0.3) is 5.91 Å². The van der Waals surface area contributed by atoms with E-state index < -0.39 is 5.54 Å². The SMILES string of the molecule is CC1(C)c2[nH]c(-c3ccc(F)cc3)c(-c3ccncc3)c2C(=O)N1Cc1ccccc1. The summed E-state index contributed by atoms with van der Waals surface area (Å²) in [7, 11) is 0. The van der Waals surface area contributed by atoms with Crippen molar-refractivity contribution in [2.45, 2.75) is 25.9 Å². The molecular weight excluding hydrogens is 389 g/mol. The highest BCUT2D eigenvalue weighted by Gasteiger charge is 2.47. The molecule has 1 aliphatic heterocycles. The van der Waals surface area contributed by atoms with Crippen molar-refractivity contribution in [2.75, 3.05) is 0 Å². The fourth-order valence-electron chi connectivity index (χ4n) is 4.37. The van der Waals surface area contributed by atoms with Gasteiger partial charge in [-0.25, -0.2) is 4.39 Å². The van der Waals surface area contributed by atoms with E-state index in [-0.39, 0.29) is 11.7 Å². The Kier molecular flexibility index (Phi) is 4.47. The predicted molar refractivity (Wildman–Crippen MR) is 119 cm³/mol. The van der Waals surface area contributed by atoms with Crippen LogP contribution in [0.5, 0.6) is 0 Å². The fraction of sp³-hybridized carbons (Fsp3) is 0.154. The van der Waals surface area contributed by atoms with Crippen molar-refractivity contribution in [3.63, 3.8) is 0 Å². The molecule has 0 saturated carbocycles. The number of pyridine rings is 1. The molecule has 1 N–H and O–H groups in total. The van der Waals surface area contributed by atoms with Crippen LogP contribution in [0.3, 0.4) is 0 Å². The van der Waals surface area contributed by atoms with E-state index in [1.807, 2.05) is 47.4 Å². The number of hydrogen-bond donors (Lipinski definition) is 1. The van der Waals surface area contributed by atoms with Gasteiger partial charge in [-0.3, -0.25) is 9.78 Å². The third-order valence-electron chi connectivity index (χ3n) is 6.03. The Morgan fingerprint density at radius 3 is 2.26 bits per heavy atom. The fourth-order valence-corrected chi connectivity index (χ4v) is 4.37. The Labute approximate surface area is 180 Å². The highest BCUT2D eigenvalue weighted by atomic mass is 19.1. The Morgan fingerprint density at radius 1 is 0.903 bits per heavy atom. The molecule has 31 heavy (non-hydrogen) atoms. The number of nitrogens with one attached hydrogen (secondary N) is 1. The molecule has 1 aliphatic rings. The van der Waals surface area contributed by atoms with Crippen LogP contribution in [-0.2, 0) is 12.1 Å². The van der Waals surface area contributed by atoms with Gasteiger partial charge in [-0.15, -0.1) is 0 Å². The molecule has 0 atom stereocenters. The van der Waals surface area contributed by atoms with Crippen LogP contribution in [-0.4, -0.2) is 20.8 Å². The molecule has 0 spiro atoms. The highest BCUT2D eigenvalue weighted by molar-refractivity contribution is 6.09. The van der Waals surface area contributed by atoms with Gasteiger partial charge >= 0.3 is 0 Å². The second kappa shape index (κ2) is 7.20. The quantitative estimate of drug-likeness (QED) is 0.463. The number of amides is 1. The summed E-state index contributed by atoms with van der Waals surface area (Å²) in [5, 5.41) is 0. The van der Waals surface area contributed by atoms with Crippen LogP contribution in [0.2, 0.25) is 0 Å². The number of benzene rings is 2. The molecule has 0 unspecified atom stereocenters. The highest BCUT2D eigenvalue weighted by Crippen LogP contribution is 2.47. The lowest BCUT2D eigenvalue weighted by Gasteiger charge is -2.32. The summed E-state index contributed by atoms with van der Waals surface area (Å²) in [6.07, 6.45) is 3.44. The molecule has 0 radical (unpaired) electrons. The first-order valence-electron chi connectivity index (χ1n) is 10.3. The number of H-pyrrole nitrogens is 1. The maximum absolute atomic E-state index is 13.7. The zero-order valence-electron chi connectivity index (χ0n) is 17.4. The number of hydrogen-bond acceptors (Lipinski definition) is 2. The van der Waals surface area contributed by atoms with Crippen LogP contribution in [0.4, 0.5) is 4.39 Å². The van der Waals surface area contributed by atoms with E-state index in [2.05, 4.69) is 23.8 Å². The molecule has 0 saturated heterocycles. The molecule has 3 heterocycles. The van der Waals surface area contributed by atoms with E-state index in [1.54, 1.807) is 24.5 Å². The third kappa shape index (κ3) is 3.13. The number of carbonyl (C=O) groups is 1. The molecule has 5 heteroatoms. The first-order valence-corrected chi connectivity index (χ1v) is 10.3. The Hall–Kier alpha value is -3.73. The van der Waals surface area contributed by atoms with Crippen LogP contribution in [0, 0.1) is 5.82 Å². The van der Waals surface area contributed by atoms with Crippen LogP contribution in [0.25, 0.3) is 22.4 Å². The molecule has 0 bridgehead atoms. The van der Waals surface area contributed by atoms with Crippen LogP contribution in [0.1, 0.15) is 35.5 Å². The molecule has 2 aromatic carbocycles. The smallest absolute Gasteiger partial charge is 0.257 e. The van der Waals surface area contributed by atoms with Gasteiger partial charge in [-0.1, -0.05) is 30.3 Å². The molecule has 154 valence electrons. The summed E-state index contributed by atoms with van der Waals surface area (Å²) in [5.41, 5.74) is 5.49. The molecule has 4 nitrogen and oxygen atoms in total. The van der Waals surface area contributed by atoms with Crippen molar-refractivity contribution < 1.29 is 9.18 Å². The van der Waals surface area contributed by atoms with E-state index in [0.717, 1.165) is 33.6 Å². The monoisotopic (exact) mass is 411 g/mol. The summed E-state index contributed by atoms with van der Waals surface area (Å²) in [6.45, 7) is 4.64. The number of fused-ring (bicyclic) bond motifs is 1. The topological polar surface area (TPSA) is 49.0 Å². The van der Waals surface area contributed by atoms with Gasteiger partial charge in [0.15, 0.2) is 0 Å². The van der Waals surface area contributed by atoms with Crippen molar-refractivity contribution in [1.29, 1.82) is 0 Å². The maximum Gasteiger partial charge on any atom is 0.257 e. The Balaban J connectivity index is 1.69. The molecule has 0 fully saturated rings.